The molecule has 0 unspecified atom stereocenters. The van der Waals surface area contributed by atoms with Gasteiger partial charge in [0.05, 0.1) is 11.3 Å². The van der Waals surface area contributed by atoms with Gasteiger partial charge < -0.3 is 4.90 Å². The van der Waals surface area contributed by atoms with Crippen LogP contribution in [0.5, 0.6) is 0 Å². The highest BCUT2D eigenvalue weighted by Gasteiger charge is 2.32. The van der Waals surface area contributed by atoms with Crippen LogP contribution in [0.25, 0.3) is 0 Å². The van der Waals surface area contributed by atoms with Crippen molar-refractivity contribution >= 4 is 15.7 Å². The maximum Gasteiger partial charge on any atom is 0.416 e. The molecule has 0 aromatic heterocycles. The number of hydrogen-bond acceptors (Lipinski definition) is 3. The van der Waals surface area contributed by atoms with Crippen molar-refractivity contribution in [2.24, 2.45) is 0 Å². The van der Waals surface area contributed by atoms with E-state index in [-0.39, 0.29) is 18.8 Å². The average Bonchev–Trinajstić information content (AvgIpc) is 2.62. The van der Waals surface area contributed by atoms with E-state index in [9.17, 15) is 21.6 Å². The van der Waals surface area contributed by atoms with Crippen LogP contribution in [0.15, 0.2) is 54.6 Å². The fraction of sp³-hybridized carbons (Fsp3) is 0.333. The Hall–Kier alpha value is -2.06. The van der Waals surface area contributed by atoms with Crippen LogP contribution < -0.4 is 4.90 Å². The smallest absolute Gasteiger partial charge is 0.369 e. The van der Waals surface area contributed by atoms with E-state index in [0.29, 0.717) is 24.3 Å². The molecule has 0 bridgehead atoms. The molecule has 1 heterocycles. The van der Waals surface area contributed by atoms with Gasteiger partial charge in [-0.25, -0.2) is 8.42 Å². The van der Waals surface area contributed by atoms with Crippen LogP contribution in [0.2, 0.25) is 0 Å². The van der Waals surface area contributed by atoms with E-state index in [1.807, 2.05) is 6.07 Å². The highest BCUT2D eigenvalue weighted by atomic mass is 32.2. The van der Waals surface area contributed by atoms with Gasteiger partial charge in [0.15, 0.2) is 0 Å². The first-order valence-corrected chi connectivity index (χ1v) is 9.80. The number of rotatable bonds is 4. The lowest BCUT2D eigenvalue weighted by Crippen LogP contribution is -2.49. The Balaban J connectivity index is 1.66. The molecule has 0 amide bonds. The zero-order valence-corrected chi connectivity index (χ0v) is 14.8. The summed E-state index contributed by atoms with van der Waals surface area (Å²) < 4.78 is 65.1. The van der Waals surface area contributed by atoms with Crippen molar-refractivity contribution in [1.29, 1.82) is 0 Å². The van der Waals surface area contributed by atoms with Crippen molar-refractivity contribution in [2.75, 3.05) is 31.1 Å². The molecule has 0 radical (unpaired) electrons. The summed E-state index contributed by atoms with van der Waals surface area (Å²) >= 11 is 0. The van der Waals surface area contributed by atoms with Crippen LogP contribution >= 0.6 is 0 Å². The molecule has 1 fully saturated rings. The molecule has 4 nitrogen and oxygen atoms in total. The summed E-state index contributed by atoms with van der Waals surface area (Å²) in [6.07, 6.45) is -4.39. The van der Waals surface area contributed by atoms with Crippen LogP contribution in [-0.4, -0.2) is 38.9 Å². The fourth-order valence-electron chi connectivity index (χ4n) is 2.98. The second kappa shape index (κ2) is 7.28. The minimum absolute atomic E-state index is 0.0720. The number of halogens is 3. The van der Waals surface area contributed by atoms with Gasteiger partial charge in [0.25, 0.3) is 0 Å². The van der Waals surface area contributed by atoms with Gasteiger partial charge in [-0.05, 0) is 23.8 Å². The lowest BCUT2D eigenvalue weighted by molar-refractivity contribution is -0.137. The van der Waals surface area contributed by atoms with E-state index in [1.165, 1.54) is 10.4 Å². The molecule has 8 heteroatoms. The first-order valence-electron chi connectivity index (χ1n) is 8.20. The summed E-state index contributed by atoms with van der Waals surface area (Å²) in [4.78, 5) is 1.78. The van der Waals surface area contributed by atoms with Crippen molar-refractivity contribution in [3.63, 3.8) is 0 Å². The SMILES string of the molecule is O=S(=O)(Cc1ccccc1)N1CCN(c2cccc(C(F)(F)F)c2)CC1. The third kappa shape index (κ3) is 4.37. The molecule has 0 atom stereocenters. The van der Waals surface area contributed by atoms with Gasteiger partial charge in [-0.1, -0.05) is 36.4 Å². The Bertz CT molecular complexity index is 846. The van der Waals surface area contributed by atoms with Crippen LogP contribution in [0, 0.1) is 0 Å². The van der Waals surface area contributed by atoms with Gasteiger partial charge in [-0.15, -0.1) is 0 Å². The van der Waals surface area contributed by atoms with Crippen molar-refractivity contribution in [3.05, 3.63) is 65.7 Å². The summed E-state index contributed by atoms with van der Waals surface area (Å²) in [5.74, 6) is -0.0720. The van der Waals surface area contributed by atoms with Crippen LogP contribution in [0.3, 0.4) is 0 Å². The Morgan fingerprint density at radius 2 is 1.54 bits per heavy atom. The number of benzene rings is 2. The Morgan fingerprint density at radius 3 is 2.15 bits per heavy atom. The topological polar surface area (TPSA) is 40.6 Å². The zero-order valence-electron chi connectivity index (χ0n) is 14.0. The fourth-order valence-corrected chi connectivity index (χ4v) is 4.50. The number of sulfonamides is 1. The van der Waals surface area contributed by atoms with E-state index in [0.717, 1.165) is 12.1 Å². The Labute approximate surface area is 150 Å². The summed E-state index contributed by atoms with van der Waals surface area (Å²) in [7, 11) is -3.45. The maximum atomic E-state index is 12.9. The van der Waals surface area contributed by atoms with Gasteiger partial charge in [0, 0.05) is 31.9 Å². The van der Waals surface area contributed by atoms with Gasteiger partial charge in [0.2, 0.25) is 10.0 Å². The molecule has 0 N–H and O–H groups in total. The lowest BCUT2D eigenvalue weighted by Gasteiger charge is -2.35. The molecule has 0 saturated carbocycles. The minimum atomic E-state index is -4.39. The number of hydrogen-bond donors (Lipinski definition) is 0. The quantitative estimate of drug-likeness (QED) is 0.812. The second-order valence-electron chi connectivity index (χ2n) is 6.18. The molecular formula is C18H19F3N2O2S. The highest BCUT2D eigenvalue weighted by Crippen LogP contribution is 2.32. The molecule has 140 valence electrons. The summed E-state index contributed by atoms with van der Waals surface area (Å²) in [6.45, 7) is 1.22. The summed E-state index contributed by atoms with van der Waals surface area (Å²) in [5.41, 5.74) is 0.474. The molecule has 0 aliphatic carbocycles. The maximum absolute atomic E-state index is 12.9. The average molecular weight is 384 g/mol. The number of anilines is 1. The van der Waals surface area contributed by atoms with Gasteiger partial charge in [-0.3, -0.25) is 0 Å². The van der Waals surface area contributed by atoms with Crippen molar-refractivity contribution in [3.8, 4) is 0 Å². The van der Waals surface area contributed by atoms with Crippen LogP contribution in [-0.2, 0) is 22.0 Å². The monoisotopic (exact) mass is 384 g/mol. The Kier molecular flexibility index (Phi) is 5.24. The summed E-state index contributed by atoms with van der Waals surface area (Å²) in [5, 5.41) is 0. The molecular weight excluding hydrogens is 365 g/mol. The normalized spacial score (nSPS) is 16.7. The molecule has 3 rings (SSSR count). The van der Waals surface area contributed by atoms with Crippen molar-refractivity contribution < 1.29 is 21.6 Å². The first-order chi connectivity index (χ1) is 12.3. The summed E-state index contributed by atoms with van der Waals surface area (Å²) in [6, 6.07) is 14.0. The molecule has 2 aromatic carbocycles. The molecule has 0 spiro atoms. The van der Waals surface area contributed by atoms with Crippen molar-refractivity contribution in [1.82, 2.24) is 4.31 Å². The van der Waals surface area contributed by atoms with E-state index in [4.69, 9.17) is 0 Å². The predicted octanol–water partition coefficient (Wildman–Crippen LogP) is 3.36. The minimum Gasteiger partial charge on any atom is -0.369 e. The largest absolute Gasteiger partial charge is 0.416 e. The third-order valence-electron chi connectivity index (χ3n) is 4.36. The number of nitrogens with zero attached hydrogens (tertiary/aromatic N) is 2. The van der Waals surface area contributed by atoms with E-state index >= 15 is 0 Å². The molecule has 1 aliphatic rings. The molecule has 1 aliphatic heterocycles. The number of piperazine rings is 1. The highest BCUT2D eigenvalue weighted by molar-refractivity contribution is 7.88. The van der Waals surface area contributed by atoms with Crippen LogP contribution in [0.1, 0.15) is 11.1 Å². The van der Waals surface area contributed by atoms with E-state index in [1.54, 1.807) is 35.2 Å². The molecule has 2 aromatic rings. The van der Waals surface area contributed by atoms with Crippen molar-refractivity contribution in [2.45, 2.75) is 11.9 Å². The predicted molar refractivity (Wildman–Crippen MR) is 94.3 cm³/mol. The van der Waals surface area contributed by atoms with Gasteiger partial charge >= 0.3 is 6.18 Å². The third-order valence-corrected chi connectivity index (χ3v) is 6.21. The van der Waals surface area contributed by atoms with E-state index in [2.05, 4.69) is 0 Å². The zero-order chi connectivity index (χ0) is 18.8. The van der Waals surface area contributed by atoms with Gasteiger partial charge in [0.1, 0.15) is 0 Å². The van der Waals surface area contributed by atoms with E-state index < -0.39 is 21.8 Å². The molecule has 1 saturated heterocycles. The molecule has 26 heavy (non-hydrogen) atoms. The Morgan fingerprint density at radius 1 is 0.885 bits per heavy atom. The first kappa shape index (κ1) is 18.7. The standard InChI is InChI=1S/C18H19F3N2O2S/c19-18(20,21)16-7-4-8-17(13-16)22-9-11-23(12-10-22)26(24,25)14-15-5-2-1-3-6-15/h1-8,13H,9-12,14H2. The number of alkyl halides is 3. The van der Waals surface area contributed by atoms with Gasteiger partial charge in [-0.2, -0.15) is 17.5 Å². The van der Waals surface area contributed by atoms with Crippen LogP contribution in [0.4, 0.5) is 18.9 Å². The lowest BCUT2D eigenvalue weighted by atomic mass is 10.1. The second-order valence-corrected chi connectivity index (χ2v) is 8.14.